The van der Waals surface area contributed by atoms with Crippen molar-refractivity contribution in [1.82, 2.24) is 0 Å². The van der Waals surface area contributed by atoms with Gasteiger partial charge in [0, 0.05) is 12.5 Å². The van der Waals surface area contributed by atoms with Gasteiger partial charge in [0.15, 0.2) is 0 Å². The second-order valence-corrected chi connectivity index (χ2v) is 4.41. The molecule has 4 heteroatoms. The SMILES string of the molecule is COc1ccc(OCCc2ccsc2)c(N)c1. The molecule has 0 aliphatic carbocycles. The molecule has 0 spiro atoms. The van der Waals surface area contributed by atoms with Crippen LogP contribution in [0.25, 0.3) is 0 Å². The van der Waals surface area contributed by atoms with Gasteiger partial charge in [-0.15, -0.1) is 0 Å². The average Bonchev–Trinajstić information content (AvgIpc) is 2.84. The minimum Gasteiger partial charge on any atom is -0.497 e. The molecule has 0 atom stereocenters. The molecule has 2 aromatic rings. The molecule has 90 valence electrons. The maximum absolute atomic E-state index is 5.85. The average molecular weight is 249 g/mol. The summed E-state index contributed by atoms with van der Waals surface area (Å²) in [4.78, 5) is 0. The van der Waals surface area contributed by atoms with E-state index in [4.69, 9.17) is 15.2 Å². The number of hydrogen-bond acceptors (Lipinski definition) is 4. The lowest BCUT2D eigenvalue weighted by atomic mass is 10.2. The Morgan fingerprint density at radius 3 is 2.82 bits per heavy atom. The van der Waals surface area contributed by atoms with E-state index in [-0.39, 0.29) is 0 Å². The first kappa shape index (κ1) is 11.8. The van der Waals surface area contributed by atoms with Gasteiger partial charge in [-0.05, 0) is 34.5 Å². The van der Waals surface area contributed by atoms with Crippen molar-refractivity contribution in [3.8, 4) is 11.5 Å². The zero-order chi connectivity index (χ0) is 12.1. The number of ether oxygens (including phenoxy) is 2. The van der Waals surface area contributed by atoms with Crippen molar-refractivity contribution in [3.05, 3.63) is 40.6 Å². The minimum atomic E-state index is 0.606. The normalized spacial score (nSPS) is 10.2. The molecule has 0 amide bonds. The summed E-state index contributed by atoms with van der Waals surface area (Å²) in [5, 5.41) is 4.19. The Morgan fingerprint density at radius 2 is 2.18 bits per heavy atom. The summed E-state index contributed by atoms with van der Waals surface area (Å²) in [6, 6.07) is 7.55. The van der Waals surface area contributed by atoms with Gasteiger partial charge in [-0.2, -0.15) is 11.3 Å². The fourth-order valence-corrected chi connectivity index (χ4v) is 2.20. The van der Waals surface area contributed by atoms with Crippen LogP contribution in [0.5, 0.6) is 11.5 Å². The molecule has 3 nitrogen and oxygen atoms in total. The van der Waals surface area contributed by atoms with E-state index in [0.29, 0.717) is 18.0 Å². The monoisotopic (exact) mass is 249 g/mol. The van der Waals surface area contributed by atoms with E-state index < -0.39 is 0 Å². The molecular weight excluding hydrogens is 234 g/mol. The molecular formula is C13H15NO2S. The molecule has 1 heterocycles. The zero-order valence-electron chi connectivity index (χ0n) is 9.68. The van der Waals surface area contributed by atoms with Crippen LogP contribution in [0.3, 0.4) is 0 Å². The first-order chi connectivity index (χ1) is 8.29. The number of rotatable bonds is 5. The summed E-state index contributed by atoms with van der Waals surface area (Å²) in [7, 11) is 1.62. The molecule has 0 aliphatic rings. The minimum absolute atomic E-state index is 0.606. The highest BCUT2D eigenvalue weighted by Crippen LogP contribution is 2.26. The number of anilines is 1. The van der Waals surface area contributed by atoms with E-state index in [1.165, 1.54) is 5.56 Å². The lowest BCUT2D eigenvalue weighted by molar-refractivity contribution is 0.323. The van der Waals surface area contributed by atoms with Crippen LogP contribution >= 0.6 is 11.3 Å². The fraction of sp³-hybridized carbons (Fsp3) is 0.231. The predicted octanol–water partition coefficient (Wildman–Crippen LogP) is 2.96. The van der Waals surface area contributed by atoms with Gasteiger partial charge in [0.1, 0.15) is 11.5 Å². The Bertz CT molecular complexity index is 468. The van der Waals surface area contributed by atoms with Crippen molar-refractivity contribution in [2.45, 2.75) is 6.42 Å². The topological polar surface area (TPSA) is 44.5 Å². The van der Waals surface area contributed by atoms with Gasteiger partial charge in [-0.1, -0.05) is 0 Å². The lowest BCUT2D eigenvalue weighted by Gasteiger charge is -2.09. The maximum Gasteiger partial charge on any atom is 0.142 e. The molecule has 0 fully saturated rings. The van der Waals surface area contributed by atoms with Crippen molar-refractivity contribution in [3.63, 3.8) is 0 Å². The highest BCUT2D eigenvalue weighted by Gasteiger charge is 2.02. The lowest BCUT2D eigenvalue weighted by Crippen LogP contribution is -2.03. The van der Waals surface area contributed by atoms with Crippen molar-refractivity contribution in [2.75, 3.05) is 19.5 Å². The predicted molar refractivity (Wildman–Crippen MR) is 70.9 cm³/mol. The quantitative estimate of drug-likeness (QED) is 0.829. The van der Waals surface area contributed by atoms with Crippen molar-refractivity contribution >= 4 is 17.0 Å². The van der Waals surface area contributed by atoms with Gasteiger partial charge in [-0.3, -0.25) is 0 Å². The number of benzene rings is 1. The van der Waals surface area contributed by atoms with E-state index in [1.54, 1.807) is 24.5 Å². The van der Waals surface area contributed by atoms with Gasteiger partial charge in [0.25, 0.3) is 0 Å². The Kier molecular flexibility index (Phi) is 3.88. The van der Waals surface area contributed by atoms with Crippen LogP contribution in [-0.4, -0.2) is 13.7 Å². The summed E-state index contributed by atoms with van der Waals surface area (Å²) >= 11 is 1.70. The molecule has 0 aliphatic heterocycles. The smallest absolute Gasteiger partial charge is 0.142 e. The summed E-state index contributed by atoms with van der Waals surface area (Å²) in [6.45, 7) is 0.632. The van der Waals surface area contributed by atoms with Gasteiger partial charge in [0.2, 0.25) is 0 Å². The van der Waals surface area contributed by atoms with Crippen molar-refractivity contribution in [2.24, 2.45) is 0 Å². The highest BCUT2D eigenvalue weighted by molar-refractivity contribution is 7.07. The van der Waals surface area contributed by atoms with Crippen LogP contribution in [0.2, 0.25) is 0 Å². The van der Waals surface area contributed by atoms with E-state index in [9.17, 15) is 0 Å². The third-order valence-electron chi connectivity index (χ3n) is 2.45. The van der Waals surface area contributed by atoms with Crippen LogP contribution in [0, 0.1) is 0 Å². The molecule has 0 bridgehead atoms. The summed E-state index contributed by atoms with van der Waals surface area (Å²) in [5.41, 5.74) is 7.75. The first-order valence-corrected chi connectivity index (χ1v) is 6.31. The van der Waals surface area contributed by atoms with Crippen LogP contribution in [0.15, 0.2) is 35.0 Å². The highest BCUT2D eigenvalue weighted by atomic mass is 32.1. The Morgan fingerprint density at radius 1 is 1.29 bits per heavy atom. The molecule has 0 saturated heterocycles. The number of nitrogens with two attached hydrogens (primary N) is 1. The van der Waals surface area contributed by atoms with Crippen LogP contribution in [0.4, 0.5) is 5.69 Å². The van der Waals surface area contributed by atoms with Crippen molar-refractivity contribution in [1.29, 1.82) is 0 Å². The largest absolute Gasteiger partial charge is 0.497 e. The Balaban J connectivity index is 1.90. The molecule has 17 heavy (non-hydrogen) atoms. The molecule has 0 unspecified atom stereocenters. The third kappa shape index (κ3) is 3.14. The fourth-order valence-electron chi connectivity index (χ4n) is 1.50. The van der Waals surface area contributed by atoms with Crippen LogP contribution in [-0.2, 0) is 6.42 Å². The number of thiophene rings is 1. The number of hydrogen-bond donors (Lipinski definition) is 1. The summed E-state index contributed by atoms with van der Waals surface area (Å²) in [6.07, 6.45) is 0.898. The maximum atomic E-state index is 5.85. The van der Waals surface area contributed by atoms with Crippen LogP contribution < -0.4 is 15.2 Å². The molecule has 2 rings (SSSR count). The molecule has 2 N–H and O–H groups in total. The van der Waals surface area contributed by atoms with Gasteiger partial charge in [-0.25, -0.2) is 0 Å². The number of methoxy groups -OCH3 is 1. The molecule has 0 saturated carbocycles. The Hall–Kier alpha value is -1.68. The van der Waals surface area contributed by atoms with Crippen LogP contribution in [0.1, 0.15) is 5.56 Å². The number of nitrogen functional groups attached to an aromatic ring is 1. The van der Waals surface area contributed by atoms with E-state index in [1.807, 2.05) is 12.1 Å². The molecule has 0 radical (unpaired) electrons. The van der Waals surface area contributed by atoms with Gasteiger partial charge >= 0.3 is 0 Å². The third-order valence-corrected chi connectivity index (χ3v) is 3.18. The van der Waals surface area contributed by atoms with Gasteiger partial charge < -0.3 is 15.2 Å². The Labute approximate surface area is 105 Å². The summed E-state index contributed by atoms with van der Waals surface area (Å²) in [5.74, 6) is 1.45. The van der Waals surface area contributed by atoms with E-state index >= 15 is 0 Å². The van der Waals surface area contributed by atoms with Crippen molar-refractivity contribution < 1.29 is 9.47 Å². The van der Waals surface area contributed by atoms with E-state index in [2.05, 4.69) is 16.8 Å². The second kappa shape index (κ2) is 5.59. The molecule has 1 aromatic carbocycles. The summed E-state index contributed by atoms with van der Waals surface area (Å²) < 4.78 is 10.7. The zero-order valence-corrected chi connectivity index (χ0v) is 10.5. The standard InChI is InChI=1S/C13H15NO2S/c1-15-11-2-3-13(12(14)8-11)16-6-4-10-5-7-17-9-10/h2-3,5,7-9H,4,6,14H2,1H3. The van der Waals surface area contributed by atoms with E-state index in [0.717, 1.165) is 12.2 Å². The molecule has 1 aromatic heterocycles. The second-order valence-electron chi connectivity index (χ2n) is 3.63. The van der Waals surface area contributed by atoms with Gasteiger partial charge in [0.05, 0.1) is 19.4 Å². The first-order valence-electron chi connectivity index (χ1n) is 5.37.